The zero-order valence-corrected chi connectivity index (χ0v) is 7.09. The first-order valence-electron chi connectivity index (χ1n) is 3.82. The van der Waals surface area contributed by atoms with Gasteiger partial charge in [-0.25, -0.2) is 0 Å². The van der Waals surface area contributed by atoms with Crippen molar-refractivity contribution in [3.63, 3.8) is 0 Å². The summed E-state index contributed by atoms with van der Waals surface area (Å²) >= 11 is 0. The molecular weight excluding hydrogens is 148 g/mol. The monoisotopic (exact) mass is 160 g/mol. The minimum absolute atomic E-state index is 0.742. The van der Waals surface area contributed by atoms with Crippen LogP contribution in [0, 0.1) is 12.0 Å². The molecule has 0 radical (unpaired) electrons. The van der Waals surface area contributed by atoms with Gasteiger partial charge in [0.15, 0.2) is 0 Å². The Hall–Kier alpha value is -1.62. The van der Waals surface area contributed by atoms with Gasteiger partial charge in [0.05, 0.1) is 0 Å². The predicted octanol–water partition coefficient (Wildman–Crippen LogP) is 1.34. The number of nitrogens with two attached hydrogens (primary N) is 1. The number of nitrogen functional groups attached to an aromatic ring is 1. The van der Waals surface area contributed by atoms with Gasteiger partial charge in [0, 0.05) is 18.3 Å². The Morgan fingerprint density at radius 2 is 2.33 bits per heavy atom. The number of hydrogen-bond donors (Lipinski definition) is 2. The molecule has 0 atom stereocenters. The molecule has 12 heavy (non-hydrogen) atoms. The molecule has 1 rings (SSSR count). The van der Waals surface area contributed by atoms with Gasteiger partial charge >= 0.3 is 0 Å². The molecule has 1 aromatic rings. The van der Waals surface area contributed by atoms with Gasteiger partial charge in [-0.2, -0.15) is 0 Å². The molecule has 0 fully saturated rings. The van der Waals surface area contributed by atoms with Crippen LogP contribution in [0.3, 0.4) is 0 Å². The standard InChI is InChI=1S/C10H12N2/c1-2-6-12-8-9-4-3-5-10(11)7-9/h3-5,7,12H,8,11H2,1H3. The van der Waals surface area contributed by atoms with Crippen molar-refractivity contribution in [1.29, 1.82) is 0 Å². The Morgan fingerprint density at radius 1 is 1.50 bits per heavy atom. The first-order chi connectivity index (χ1) is 5.83. The number of benzene rings is 1. The lowest BCUT2D eigenvalue weighted by Gasteiger charge is -1.99. The van der Waals surface area contributed by atoms with Gasteiger partial charge < -0.3 is 11.1 Å². The topological polar surface area (TPSA) is 38.0 Å². The summed E-state index contributed by atoms with van der Waals surface area (Å²) in [5.74, 6) is 2.76. The SMILES string of the molecule is CC#CNCc1cccc(N)c1. The van der Waals surface area contributed by atoms with Crippen LogP contribution in [0.4, 0.5) is 5.69 Å². The molecule has 0 unspecified atom stereocenters. The molecule has 0 aliphatic rings. The van der Waals surface area contributed by atoms with Gasteiger partial charge in [0.2, 0.25) is 0 Å². The molecule has 0 saturated carbocycles. The quantitative estimate of drug-likeness (QED) is 0.389. The van der Waals surface area contributed by atoms with Crippen LogP contribution in [0.1, 0.15) is 12.5 Å². The van der Waals surface area contributed by atoms with E-state index < -0.39 is 0 Å². The third-order valence-corrected chi connectivity index (χ3v) is 1.46. The molecule has 2 nitrogen and oxygen atoms in total. The Kier molecular flexibility index (Phi) is 3.04. The zero-order chi connectivity index (χ0) is 8.81. The smallest absolute Gasteiger partial charge is 0.0481 e. The van der Waals surface area contributed by atoms with Crippen LogP contribution in [0.15, 0.2) is 24.3 Å². The van der Waals surface area contributed by atoms with E-state index in [1.807, 2.05) is 24.3 Å². The highest BCUT2D eigenvalue weighted by Gasteiger charge is 1.89. The molecule has 0 amide bonds. The highest BCUT2D eigenvalue weighted by molar-refractivity contribution is 5.40. The summed E-state index contributed by atoms with van der Waals surface area (Å²) in [5.41, 5.74) is 7.54. The van der Waals surface area contributed by atoms with E-state index in [4.69, 9.17) is 5.73 Å². The maximum atomic E-state index is 5.60. The van der Waals surface area contributed by atoms with Crippen LogP contribution in [0.2, 0.25) is 0 Å². The number of nitrogens with one attached hydrogen (secondary N) is 1. The molecule has 62 valence electrons. The Morgan fingerprint density at radius 3 is 3.00 bits per heavy atom. The van der Waals surface area contributed by atoms with Crippen molar-refractivity contribution in [3.05, 3.63) is 29.8 Å². The van der Waals surface area contributed by atoms with Crippen LogP contribution in [-0.2, 0) is 6.54 Å². The van der Waals surface area contributed by atoms with Gasteiger partial charge in [-0.15, -0.1) is 0 Å². The summed E-state index contributed by atoms with van der Waals surface area (Å²) in [4.78, 5) is 0. The van der Waals surface area contributed by atoms with Crippen LogP contribution >= 0.6 is 0 Å². The van der Waals surface area contributed by atoms with Gasteiger partial charge in [-0.05, 0) is 24.6 Å². The third kappa shape index (κ3) is 2.55. The van der Waals surface area contributed by atoms with Crippen molar-refractivity contribution >= 4 is 5.69 Å². The average molecular weight is 160 g/mol. The van der Waals surface area contributed by atoms with Crippen LogP contribution in [-0.4, -0.2) is 0 Å². The summed E-state index contributed by atoms with van der Waals surface area (Å²) in [7, 11) is 0. The van der Waals surface area contributed by atoms with Crippen LogP contribution in [0.5, 0.6) is 0 Å². The molecule has 0 aliphatic heterocycles. The summed E-state index contributed by atoms with van der Waals surface area (Å²) in [6.45, 7) is 2.54. The lowest BCUT2D eigenvalue weighted by atomic mass is 10.2. The fourth-order valence-electron chi connectivity index (χ4n) is 0.938. The molecular formula is C10H12N2. The van der Waals surface area contributed by atoms with Gasteiger partial charge in [-0.1, -0.05) is 18.1 Å². The number of rotatable bonds is 2. The fourth-order valence-corrected chi connectivity index (χ4v) is 0.938. The second-order valence-corrected chi connectivity index (χ2v) is 2.47. The van der Waals surface area contributed by atoms with E-state index >= 15 is 0 Å². The molecule has 0 aromatic heterocycles. The van der Waals surface area contributed by atoms with Crippen molar-refractivity contribution in [2.24, 2.45) is 0 Å². The minimum atomic E-state index is 0.742. The van der Waals surface area contributed by atoms with Crippen LogP contribution < -0.4 is 11.1 Å². The van der Waals surface area contributed by atoms with Crippen molar-refractivity contribution in [2.45, 2.75) is 13.5 Å². The maximum absolute atomic E-state index is 5.60. The summed E-state index contributed by atoms with van der Waals surface area (Å²) in [6.07, 6.45) is 0. The van der Waals surface area contributed by atoms with Gasteiger partial charge in [0.1, 0.15) is 0 Å². The second-order valence-electron chi connectivity index (χ2n) is 2.47. The van der Waals surface area contributed by atoms with Gasteiger partial charge in [-0.3, -0.25) is 0 Å². The zero-order valence-electron chi connectivity index (χ0n) is 7.09. The molecule has 0 bridgehead atoms. The van der Waals surface area contributed by atoms with Crippen molar-refractivity contribution < 1.29 is 0 Å². The van der Waals surface area contributed by atoms with E-state index in [1.54, 1.807) is 6.92 Å². The Bertz CT molecular complexity index is 307. The minimum Gasteiger partial charge on any atom is -0.399 e. The lowest BCUT2D eigenvalue weighted by Crippen LogP contribution is -2.04. The summed E-state index contributed by atoms with van der Waals surface area (Å²) in [6, 6.07) is 10.5. The lowest BCUT2D eigenvalue weighted by molar-refractivity contribution is 0.900. The van der Waals surface area contributed by atoms with E-state index in [0.29, 0.717) is 0 Å². The van der Waals surface area contributed by atoms with Crippen LogP contribution in [0.25, 0.3) is 0 Å². The van der Waals surface area contributed by atoms with E-state index in [-0.39, 0.29) is 0 Å². The maximum Gasteiger partial charge on any atom is 0.0481 e. The molecule has 0 heterocycles. The first kappa shape index (κ1) is 8.48. The highest BCUT2D eigenvalue weighted by atomic mass is 14.8. The molecule has 3 N–H and O–H groups in total. The first-order valence-corrected chi connectivity index (χ1v) is 3.82. The molecule has 0 saturated heterocycles. The van der Waals surface area contributed by atoms with E-state index in [1.165, 1.54) is 0 Å². The number of hydrogen-bond acceptors (Lipinski definition) is 2. The predicted molar refractivity (Wildman–Crippen MR) is 51.1 cm³/mol. The van der Waals surface area contributed by atoms with Crippen molar-refractivity contribution in [2.75, 3.05) is 5.73 Å². The van der Waals surface area contributed by atoms with Gasteiger partial charge in [0.25, 0.3) is 0 Å². The summed E-state index contributed by atoms with van der Waals surface area (Å²) in [5, 5.41) is 2.96. The molecule has 0 aliphatic carbocycles. The Labute approximate surface area is 72.8 Å². The largest absolute Gasteiger partial charge is 0.399 e. The van der Waals surface area contributed by atoms with Crippen molar-refractivity contribution in [1.82, 2.24) is 5.32 Å². The van der Waals surface area contributed by atoms with E-state index in [2.05, 4.69) is 17.3 Å². The van der Waals surface area contributed by atoms with E-state index in [0.717, 1.165) is 17.8 Å². The van der Waals surface area contributed by atoms with Crippen molar-refractivity contribution in [3.8, 4) is 12.0 Å². The third-order valence-electron chi connectivity index (χ3n) is 1.46. The highest BCUT2D eigenvalue weighted by Crippen LogP contribution is 2.05. The summed E-state index contributed by atoms with van der Waals surface area (Å²) < 4.78 is 0. The van der Waals surface area contributed by atoms with E-state index in [9.17, 15) is 0 Å². The number of anilines is 1. The normalized spacial score (nSPS) is 8.42. The Balaban J connectivity index is 2.55. The molecule has 0 spiro atoms. The second kappa shape index (κ2) is 4.30. The fraction of sp³-hybridized carbons (Fsp3) is 0.200. The molecule has 2 heteroatoms. The molecule has 1 aromatic carbocycles. The average Bonchev–Trinajstić information content (AvgIpc) is 2.05.